The van der Waals surface area contributed by atoms with Gasteiger partial charge in [0.15, 0.2) is 0 Å². The van der Waals surface area contributed by atoms with Gasteiger partial charge in [-0.1, -0.05) is 0 Å². The lowest BCUT2D eigenvalue weighted by Crippen LogP contribution is -2.04. The third-order valence-electron chi connectivity index (χ3n) is 2.18. The first-order valence-electron chi connectivity index (χ1n) is 4.37. The highest BCUT2D eigenvalue weighted by Gasteiger charge is 2.23. The summed E-state index contributed by atoms with van der Waals surface area (Å²) in [5, 5.41) is 31.5. The molecule has 1 rings (SSSR count). The van der Waals surface area contributed by atoms with E-state index in [1.54, 1.807) is 0 Å². The van der Waals surface area contributed by atoms with Crippen molar-refractivity contribution in [2.75, 3.05) is 0 Å². The molecule has 0 amide bonds. The maximum atomic E-state index is 10.6. The van der Waals surface area contributed by atoms with E-state index in [1.165, 1.54) is 6.92 Å². The highest BCUT2D eigenvalue weighted by molar-refractivity contribution is 5.53. The molecule has 0 atom stereocenters. The molecule has 0 aliphatic rings. The third-order valence-corrected chi connectivity index (χ3v) is 2.18. The van der Waals surface area contributed by atoms with Crippen LogP contribution >= 0.6 is 0 Å². The second-order valence-electron chi connectivity index (χ2n) is 3.25. The van der Waals surface area contributed by atoms with Gasteiger partial charge >= 0.3 is 0 Å². The number of hydrogen-bond acceptors (Lipinski definition) is 6. The van der Waals surface area contributed by atoms with Crippen molar-refractivity contribution in [3.63, 3.8) is 0 Å². The molecular formula is C8H7N3O6. The molecule has 0 aliphatic carbocycles. The van der Waals surface area contributed by atoms with Crippen molar-refractivity contribution in [1.29, 1.82) is 0 Å². The van der Waals surface area contributed by atoms with Gasteiger partial charge in [-0.3, -0.25) is 30.3 Å². The van der Waals surface area contributed by atoms with Crippen LogP contribution in [0.2, 0.25) is 0 Å². The van der Waals surface area contributed by atoms with Crippen LogP contribution in [0.3, 0.4) is 0 Å². The number of hydrogen-bond donors (Lipinski definition) is 0. The van der Waals surface area contributed by atoms with Gasteiger partial charge in [0.25, 0.3) is 11.4 Å². The first-order chi connectivity index (χ1) is 7.82. The van der Waals surface area contributed by atoms with Gasteiger partial charge in [-0.05, 0) is 6.92 Å². The zero-order chi connectivity index (χ0) is 13.2. The Morgan fingerprint density at radius 2 is 1.65 bits per heavy atom. The topological polar surface area (TPSA) is 129 Å². The van der Waals surface area contributed by atoms with Gasteiger partial charge in [0.05, 0.1) is 15.9 Å². The van der Waals surface area contributed by atoms with E-state index >= 15 is 0 Å². The molecule has 0 aromatic heterocycles. The molecule has 0 radical (unpaired) electrons. The molecule has 0 unspecified atom stereocenters. The lowest BCUT2D eigenvalue weighted by Gasteiger charge is -2.02. The number of rotatable bonds is 4. The average molecular weight is 241 g/mol. The molecule has 17 heavy (non-hydrogen) atoms. The van der Waals surface area contributed by atoms with Gasteiger partial charge < -0.3 is 0 Å². The van der Waals surface area contributed by atoms with Gasteiger partial charge in [-0.15, -0.1) is 0 Å². The Morgan fingerprint density at radius 3 is 2.06 bits per heavy atom. The zero-order valence-electron chi connectivity index (χ0n) is 8.65. The highest BCUT2D eigenvalue weighted by atomic mass is 16.6. The second-order valence-corrected chi connectivity index (χ2v) is 3.25. The predicted octanol–water partition coefficient (Wildman–Crippen LogP) is 1.59. The van der Waals surface area contributed by atoms with Crippen LogP contribution in [-0.4, -0.2) is 14.8 Å². The largest absolute Gasteiger partial charge is 0.279 e. The molecule has 0 bridgehead atoms. The molecule has 0 aliphatic heterocycles. The standard InChI is InChI=1S/C8H7N3O6/c1-5-6(4-9(12)13)2-7(10(14)15)3-8(5)11(16)17/h2-3H,4H2,1H3. The number of non-ortho nitro benzene ring substituents is 1. The Labute approximate surface area is 94.1 Å². The summed E-state index contributed by atoms with van der Waals surface area (Å²) in [4.78, 5) is 29.2. The Bertz CT molecular complexity index is 512. The average Bonchev–Trinajstić information content (AvgIpc) is 2.19. The SMILES string of the molecule is Cc1c(C[N+](=O)[O-])cc([N+](=O)[O-])cc1[N+](=O)[O-]. The monoisotopic (exact) mass is 241 g/mol. The van der Waals surface area contributed by atoms with Crippen molar-refractivity contribution in [2.24, 2.45) is 0 Å². The van der Waals surface area contributed by atoms with Crippen molar-refractivity contribution in [3.8, 4) is 0 Å². The van der Waals surface area contributed by atoms with E-state index in [1.807, 2.05) is 0 Å². The summed E-state index contributed by atoms with van der Waals surface area (Å²) in [5.74, 6) is 0. The Balaban J connectivity index is 3.42. The lowest BCUT2D eigenvalue weighted by molar-refractivity contribution is -0.497. The quantitative estimate of drug-likeness (QED) is 0.581. The minimum absolute atomic E-state index is 0.0316. The van der Waals surface area contributed by atoms with Crippen LogP contribution in [-0.2, 0) is 6.54 Å². The minimum Gasteiger partial charge on any atom is -0.264 e. The molecule has 90 valence electrons. The van der Waals surface area contributed by atoms with Crippen molar-refractivity contribution in [3.05, 3.63) is 53.6 Å². The van der Waals surface area contributed by atoms with Gasteiger partial charge in [0.2, 0.25) is 6.54 Å². The highest BCUT2D eigenvalue weighted by Crippen LogP contribution is 2.28. The van der Waals surface area contributed by atoms with Crippen molar-refractivity contribution in [2.45, 2.75) is 13.5 Å². The van der Waals surface area contributed by atoms with E-state index in [-0.39, 0.29) is 11.1 Å². The molecule has 1 aromatic carbocycles. The Kier molecular flexibility index (Phi) is 3.31. The maximum absolute atomic E-state index is 10.6. The molecular weight excluding hydrogens is 234 g/mol. The second kappa shape index (κ2) is 4.51. The molecule has 1 aromatic rings. The number of nitro groups is 3. The summed E-state index contributed by atoms with van der Waals surface area (Å²) in [7, 11) is 0. The van der Waals surface area contributed by atoms with Crippen LogP contribution in [0.1, 0.15) is 11.1 Å². The molecule has 0 saturated carbocycles. The first kappa shape index (κ1) is 12.5. The fourth-order valence-electron chi connectivity index (χ4n) is 1.34. The summed E-state index contributed by atoms with van der Waals surface area (Å²) in [6.07, 6.45) is 0. The van der Waals surface area contributed by atoms with E-state index in [0.717, 1.165) is 12.1 Å². The lowest BCUT2D eigenvalue weighted by atomic mass is 10.1. The summed E-state index contributed by atoms with van der Waals surface area (Å²) in [6.45, 7) is 0.634. The summed E-state index contributed by atoms with van der Waals surface area (Å²) in [5.41, 5.74) is -0.983. The maximum Gasteiger partial charge on any atom is 0.279 e. The molecule has 0 heterocycles. The molecule has 0 fully saturated rings. The summed E-state index contributed by atoms with van der Waals surface area (Å²) < 4.78 is 0. The van der Waals surface area contributed by atoms with Crippen LogP contribution in [0.5, 0.6) is 0 Å². The van der Waals surface area contributed by atoms with Crippen LogP contribution in [0.15, 0.2) is 12.1 Å². The fraction of sp³-hybridized carbons (Fsp3) is 0.250. The zero-order valence-corrected chi connectivity index (χ0v) is 8.65. The van der Waals surface area contributed by atoms with Gasteiger partial charge in [-0.2, -0.15) is 0 Å². The molecule has 0 saturated heterocycles. The molecule has 9 heteroatoms. The van der Waals surface area contributed by atoms with Crippen molar-refractivity contribution < 1.29 is 14.8 Å². The van der Waals surface area contributed by atoms with Crippen LogP contribution in [0.4, 0.5) is 11.4 Å². The normalized spacial score (nSPS) is 9.94. The van der Waals surface area contributed by atoms with Crippen molar-refractivity contribution >= 4 is 11.4 Å². The first-order valence-corrected chi connectivity index (χ1v) is 4.37. The number of nitrogens with zero attached hydrogens (tertiary/aromatic N) is 3. The van der Waals surface area contributed by atoms with E-state index in [4.69, 9.17) is 0 Å². The smallest absolute Gasteiger partial charge is 0.264 e. The molecule has 0 spiro atoms. The summed E-state index contributed by atoms with van der Waals surface area (Å²) >= 11 is 0. The summed E-state index contributed by atoms with van der Waals surface area (Å²) in [6, 6.07) is 1.77. The van der Waals surface area contributed by atoms with E-state index in [9.17, 15) is 30.3 Å². The van der Waals surface area contributed by atoms with Crippen LogP contribution in [0.25, 0.3) is 0 Å². The van der Waals surface area contributed by atoms with Gasteiger partial charge in [0, 0.05) is 22.1 Å². The van der Waals surface area contributed by atoms with E-state index in [0.29, 0.717) is 0 Å². The Hall–Kier alpha value is -2.58. The molecule has 9 nitrogen and oxygen atoms in total. The number of benzene rings is 1. The van der Waals surface area contributed by atoms with Crippen molar-refractivity contribution in [1.82, 2.24) is 0 Å². The van der Waals surface area contributed by atoms with Gasteiger partial charge in [0.1, 0.15) is 0 Å². The third kappa shape index (κ3) is 2.71. The Morgan fingerprint density at radius 1 is 1.06 bits per heavy atom. The van der Waals surface area contributed by atoms with Crippen LogP contribution < -0.4 is 0 Å². The van der Waals surface area contributed by atoms with E-state index < -0.39 is 32.7 Å². The van der Waals surface area contributed by atoms with E-state index in [2.05, 4.69) is 0 Å². The minimum atomic E-state index is -0.824. The number of nitro benzene ring substituents is 2. The van der Waals surface area contributed by atoms with Gasteiger partial charge in [-0.25, -0.2) is 0 Å². The fourth-order valence-corrected chi connectivity index (χ4v) is 1.34. The molecule has 0 N–H and O–H groups in total. The predicted molar refractivity (Wildman–Crippen MR) is 55.2 cm³/mol. The van der Waals surface area contributed by atoms with Crippen LogP contribution in [0, 0.1) is 37.3 Å².